The smallest absolute Gasteiger partial charge is 0.329 e. The number of hydrogen-bond donors (Lipinski definition) is 3. The Morgan fingerprint density at radius 3 is 2.79 bits per heavy atom. The van der Waals surface area contributed by atoms with E-state index in [0.29, 0.717) is 22.4 Å². The Morgan fingerprint density at radius 1 is 1.31 bits per heavy atom. The first-order valence-corrected chi connectivity index (χ1v) is 10.7. The number of nitrogens with zero attached hydrogens (tertiary/aromatic N) is 3. The zero-order valence-corrected chi connectivity index (χ0v) is 17.5. The minimum atomic E-state index is -0.773. The maximum atomic E-state index is 12.6. The first-order chi connectivity index (χ1) is 13.9. The Hall–Kier alpha value is -2.92. The van der Waals surface area contributed by atoms with E-state index in [1.54, 1.807) is 0 Å². The number of nitrogens with one attached hydrogen (secondary N) is 2. The summed E-state index contributed by atoms with van der Waals surface area (Å²) in [5, 5.41) is 11.9. The molecule has 0 aliphatic heterocycles. The highest BCUT2D eigenvalue weighted by molar-refractivity contribution is 8.01. The number of nitrogens with two attached hydrogens (primary N) is 1. The number of carbonyl (C=O) groups is 1. The van der Waals surface area contributed by atoms with Gasteiger partial charge in [0.25, 0.3) is 5.56 Å². The highest BCUT2D eigenvalue weighted by Gasteiger charge is 2.20. The van der Waals surface area contributed by atoms with Gasteiger partial charge >= 0.3 is 5.69 Å². The van der Waals surface area contributed by atoms with E-state index < -0.39 is 17.0 Å². The topological polar surface area (TPSA) is 136 Å². The lowest BCUT2D eigenvalue weighted by atomic mass is 10.2. The molecular formula is C18H20N6O3S2. The maximum Gasteiger partial charge on any atom is 0.329 e. The number of ketones is 1. The number of Topliss-reactive ketones (excluding diaryl/α,β-unsaturated/α-hetero) is 1. The van der Waals surface area contributed by atoms with Crippen LogP contribution in [-0.4, -0.2) is 31.3 Å². The number of H-pyrrole nitrogens is 1. The number of benzene rings is 1. The molecule has 0 saturated heterocycles. The number of rotatable bonds is 8. The Kier molecular flexibility index (Phi) is 6.49. The SMILES string of the molecule is CCCn1c(N)c(C(=O)CSc2nnc(Nc3ccccc3C)s2)c(=O)[nH]c1=O. The van der Waals surface area contributed by atoms with E-state index in [-0.39, 0.29) is 17.1 Å². The fourth-order valence-electron chi connectivity index (χ4n) is 2.65. The second-order valence-electron chi connectivity index (χ2n) is 6.20. The molecule has 0 radical (unpaired) electrons. The quantitative estimate of drug-likeness (QED) is 0.365. The molecule has 0 bridgehead atoms. The van der Waals surface area contributed by atoms with Crippen LogP contribution in [0.2, 0.25) is 0 Å². The van der Waals surface area contributed by atoms with Gasteiger partial charge in [0.2, 0.25) is 5.13 Å². The van der Waals surface area contributed by atoms with Crippen molar-refractivity contribution in [1.82, 2.24) is 19.7 Å². The lowest BCUT2D eigenvalue weighted by molar-refractivity contribution is 0.102. The van der Waals surface area contributed by atoms with Gasteiger partial charge in [0.1, 0.15) is 11.4 Å². The van der Waals surface area contributed by atoms with Gasteiger partial charge in [-0.25, -0.2) is 4.79 Å². The van der Waals surface area contributed by atoms with Crippen molar-refractivity contribution in [1.29, 1.82) is 0 Å². The summed E-state index contributed by atoms with van der Waals surface area (Å²) >= 11 is 2.46. The molecule has 9 nitrogen and oxygen atoms in total. The summed E-state index contributed by atoms with van der Waals surface area (Å²) in [5.41, 5.74) is 6.33. The number of aromatic amines is 1. The first kappa shape index (κ1) is 20.8. The molecule has 11 heteroatoms. The highest BCUT2D eigenvalue weighted by atomic mass is 32.2. The second-order valence-corrected chi connectivity index (χ2v) is 8.40. The van der Waals surface area contributed by atoms with Gasteiger partial charge in [-0.15, -0.1) is 10.2 Å². The minimum absolute atomic E-state index is 0.0450. The summed E-state index contributed by atoms with van der Waals surface area (Å²) in [4.78, 5) is 38.7. The summed E-state index contributed by atoms with van der Waals surface area (Å²) in [6.07, 6.45) is 0.639. The summed E-state index contributed by atoms with van der Waals surface area (Å²) in [5.74, 6) is -0.621. The van der Waals surface area contributed by atoms with Gasteiger partial charge in [0, 0.05) is 12.2 Å². The normalized spacial score (nSPS) is 10.8. The van der Waals surface area contributed by atoms with Gasteiger partial charge in [-0.3, -0.25) is 19.1 Å². The van der Waals surface area contributed by atoms with E-state index in [1.165, 1.54) is 15.9 Å². The number of carbonyl (C=O) groups excluding carboxylic acids is 1. The van der Waals surface area contributed by atoms with Crippen LogP contribution in [0.4, 0.5) is 16.6 Å². The van der Waals surface area contributed by atoms with Crippen molar-refractivity contribution in [2.45, 2.75) is 31.2 Å². The predicted octanol–water partition coefficient (Wildman–Crippen LogP) is 2.41. The zero-order chi connectivity index (χ0) is 21.0. The average Bonchev–Trinajstić information content (AvgIpc) is 3.12. The number of nitrogen functional groups attached to an aromatic ring is 1. The molecule has 3 rings (SSSR count). The predicted molar refractivity (Wildman–Crippen MR) is 115 cm³/mol. The van der Waals surface area contributed by atoms with Crippen molar-refractivity contribution in [3.63, 3.8) is 0 Å². The van der Waals surface area contributed by atoms with Crippen LogP contribution < -0.4 is 22.3 Å². The van der Waals surface area contributed by atoms with Gasteiger partial charge in [-0.2, -0.15) is 0 Å². The average molecular weight is 433 g/mol. The molecule has 0 fully saturated rings. The summed E-state index contributed by atoms with van der Waals surface area (Å²) < 4.78 is 1.78. The highest BCUT2D eigenvalue weighted by Crippen LogP contribution is 2.29. The number of anilines is 3. The number of aromatic nitrogens is 4. The van der Waals surface area contributed by atoms with E-state index in [4.69, 9.17) is 5.73 Å². The van der Waals surface area contributed by atoms with Crippen molar-refractivity contribution in [3.05, 3.63) is 56.2 Å². The van der Waals surface area contributed by atoms with E-state index >= 15 is 0 Å². The first-order valence-electron chi connectivity index (χ1n) is 8.85. The second kappa shape index (κ2) is 9.05. The lowest BCUT2D eigenvalue weighted by Crippen LogP contribution is -2.36. The Morgan fingerprint density at radius 2 is 2.07 bits per heavy atom. The van der Waals surface area contributed by atoms with Gasteiger partial charge in [-0.05, 0) is 25.0 Å². The fraction of sp³-hybridized carbons (Fsp3) is 0.278. The van der Waals surface area contributed by atoms with Crippen LogP contribution in [0, 0.1) is 6.92 Å². The molecule has 1 aromatic carbocycles. The van der Waals surface area contributed by atoms with Crippen LogP contribution in [-0.2, 0) is 6.54 Å². The monoisotopic (exact) mass is 432 g/mol. The van der Waals surface area contributed by atoms with Gasteiger partial charge < -0.3 is 11.1 Å². The maximum absolute atomic E-state index is 12.6. The Balaban J connectivity index is 1.71. The third-order valence-corrected chi connectivity index (χ3v) is 6.06. The molecule has 29 heavy (non-hydrogen) atoms. The van der Waals surface area contributed by atoms with E-state index in [9.17, 15) is 14.4 Å². The molecule has 2 aromatic heterocycles. The van der Waals surface area contributed by atoms with E-state index in [2.05, 4.69) is 20.5 Å². The Labute approximate surface area is 174 Å². The summed E-state index contributed by atoms with van der Waals surface area (Å²) in [6, 6.07) is 7.79. The van der Waals surface area contributed by atoms with Crippen molar-refractivity contribution in [2.75, 3.05) is 16.8 Å². The molecule has 2 heterocycles. The van der Waals surface area contributed by atoms with Crippen molar-refractivity contribution in [2.24, 2.45) is 0 Å². The van der Waals surface area contributed by atoms with Crippen molar-refractivity contribution in [3.8, 4) is 0 Å². The van der Waals surface area contributed by atoms with Gasteiger partial charge in [0.05, 0.1) is 5.75 Å². The van der Waals surface area contributed by atoms with Crippen LogP contribution >= 0.6 is 23.1 Å². The largest absolute Gasteiger partial charge is 0.384 e. The van der Waals surface area contributed by atoms with Crippen molar-refractivity contribution < 1.29 is 4.79 Å². The van der Waals surface area contributed by atoms with Crippen LogP contribution in [0.5, 0.6) is 0 Å². The summed E-state index contributed by atoms with van der Waals surface area (Å²) in [6.45, 7) is 4.17. The fourth-order valence-corrected chi connectivity index (χ4v) is 4.29. The van der Waals surface area contributed by atoms with Gasteiger partial charge in [0.15, 0.2) is 10.1 Å². The number of hydrogen-bond acceptors (Lipinski definition) is 9. The molecule has 0 amide bonds. The van der Waals surface area contributed by atoms with Crippen LogP contribution in [0.3, 0.4) is 0 Å². The van der Waals surface area contributed by atoms with Crippen molar-refractivity contribution >= 4 is 45.5 Å². The summed E-state index contributed by atoms with van der Waals surface area (Å²) in [7, 11) is 0. The zero-order valence-electron chi connectivity index (χ0n) is 15.9. The molecule has 0 saturated carbocycles. The Bertz CT molecular complexity index is 1150. The van der Waals surface area contributed by atoms with Crippen LogP contribution in [0.15, 0.2) is 38.2 Å². The molecule has 0 aliphatic rings. The minimum Gasteiger partial charge on any atom is -0.384 e. The molecule has 0 aliphatic carbocycles. The molecule has 4 N–H and O–H groups in total. The van der Waals surface area contributed by atoms with E-state index in [0.717, 1.165) is 23.0 Å². The number of para-hydroxylation sites is 1. The lowest BCUT2D eigenvalue weighted by Gasteiger charge is -2.10. The molecular weight excluding hydrogens is 412 g/mol. The standard InChI is InChI=1S/C18H20N6O3S2/c1-3-8-24-14(19)13(15(26)21-17(24)27)12(25)9-28-18-23-22-16(29-18)20-11-7-5-4-6-10(11)2/h4-7H,3,8-9,19H2,1-2H3,(H,20,22)(H,21,26,27). The van der Waals surface area contributed by atoms with Crippen LogP contribution in [0.25, 0.3) is 0 Å². The number of thioether (sulfide) groups is 1. The molecule has 0 spiro atoms. The third kappa shape index (κ3) is 4.74. The van der Waals surface area contributed by atoms with Gasteiger partial charge in [-0.1, -0.05) is 48.2 Å². The van der Waals surface area contributed by atoms with E-state index in [1.807, 2.05) is 38.1 Å². The molecule has 0 unspecified atom stereocenters. The molecule has 3 aromatic rings. The molecule has 152 valence electrons. The third-order valence-electron chi connectivity index (χ3n) is 4.09. The molecule has 0 atom stereocenters. The number of aryl methyl sites for hydroxylation is 1. The van der Waals surface area contributed by atoms with Crippen LogP contribution in [0.1, 0.15) is 29.3 Å².